The molecule has 0 N–H and O–H groups in total. The number of hydrogen-bond acceptors (Lipinski definition) is 2. The van der Waals surface area contributed by atoms with Gasteiger partial charge in [0.05, 0.1) is 6.61 Å². The third kappa shape index (κ3) is 1.98. The zero-order chi connectivity index (χ0) is 14.9. The van der Waals surface area contributed by atoms with Crippen molar-refractivity contribution >= 4 is 5.97 Å². The summed E-state index contributed by atoms with van der Waals surface area (Å²) in [6.07, 6.45) is 0.798. The second kappa shape index (κ2) is 5.03. The average Bonchev–Trinajstić information content (AvgIpc) is 3.18. The Labute approximate surface area is 125 Å². The second-order valence-electron chi connectivity index (χ2n) is 5.87. The molecule has 1 aliphatic carbocycles. The standard InChI is InChI=1S/C19H20O2/c1-3-21-17(20)19(16-12-8-5-9-13-16)14-18(19,2)15-10-6-4-7-11-15/h4-13H,3,14H2,1-2H3/t18-,19+/m1/s1. The summed E-state index contributed by atoms with van der Waals surface area (Å²) >= 11 is 0. The smallest absolute Gasteiger partial charge is 0.317 e. The lowest BCUT2D eigenvalue weighted by Gasteiger charge is -2.22. The van der Waals surface area contributed by atoms with Gasteiger partial charge in [0.25, 0.3) is 0 Å². The summed E-state index contributed by atoms with van der Waals surface area (Å²) in [5, 5.41) is 0. The predicted octanol–water partition coefficient (Wildman–Crippen LogP) is 3.85. The summed E-state index contributed by atoms with van der Waals surface area (Å²) in [7, 11) is 0. The molecule has 2 nitrogen and oxygen atoms in total. The summed E-state index contributed by atoms with van der Waals surface area (Å²) in [6.45, 7) is 4.43. The number of ether oxygens (including phenoxy) is 1. The van der Waals surface area contributed by atoms with Crippen LogP contribution in [0.4, 0.5) is 0 Å². The van der Waals surface area contributed by atoms with E-state index in [9.17, 15) is 4.79 Å². The Kier molecular flexibility index (Phi) is 3.32. The molecule has 1 aliphatic rings. The van der Waals surface area contributed by atoms with E-state index in [4.69, 9.17) is 4.74 Å². The summed E-state index contributed by atoms with van der Waals surface area (Å²) in [4.78, 5) is 12.7. The minimum absolute atomic E-state index is 0.109. The lowest BCUT2D eigenvalue weighted by Crippen LogP contribution is -2.31. The molecule has 108 valence electrons. The fraction of sp³-hybridized carbons (Fsp3) is 0.316. The Bertz CT molecular complexity index is 635. The molecule has 1 saturated carbocycles. The predicted molar refractivity (Wildman–Crippen MR) is 83.2 cm³/mol. The summed E-state index contributed by atoms with van der Waals surface area (Å²) in [5.41, 5.74) is 1.50. The maximum atomic E-state index is 12.7. The Balaban J connectivity index is 2.07. The van der Waals surface area contributed by atoms with Crippen molar-refractivity contribution in [2.45, 2.75) is 31.1 Å². The fourth-order valence-electron chi connectivity index (χ4n) is 3.45. The molecule has 1 fully saturated rings. The van der Waals surface area contributed by atoms with Gasteiger partial charge in [-0.25, -0.2) is 0 Å². The van der Waals surface area contributed by atoms with Crippen molar-refractivity contribution in [1.82, 2.24) is 0 Å². The second-order valence-corrected chi connectivity index (χ2v) is 5.87. The average molecular weight is 280 g/mol. The highest BCUT2D eigenvalue weighted by Gasteiger charge is 2.71. The lowest BCUT2D eigenvalue weighted by atomic mass is 9.83. The molecular formula is C19H20O2. The van der Waals surface area contributed by atoms with Crippen LogP contribution in [0.1, 0.15) is 31.4 Å². The molecule has 3 rings (SSSR count). The van der Waals surface area contributed by atoms with Crippen LogP contribution in [0, 0.1) is 0 Å². The van der Waals surface area contributed by atoms with Gasteiger partial charge in [0.1, 0.15) is 5.41 Å². The summed E-state index contributed by atoms with van der Waals surface area (Å²) in [5.74, 6) is -0.109. The van der Waals surface area contributed by atoms with Crippen LogP contribution in [0.15, 0.2) is 60.7 Å². The van der Waals surface area contributed by atoms with Gasteiger partial charge < -0.3 is 4.74 Å². The van der Waals surface area contributed by atoms with Crippen LogP contribution in [-0.4, -0.2) is 12.6 Å². The summed E-state index contributed by atoms with van der Waals surface area (Å²) < 4.78 is 5.40. The highest BCUT2D eigenvalue weighted by molar-refractivity contribution is 5.91. The molecule has 0 heterocycles. The van der Waals surface area contributed by atoms with Gasteiger partial charge in [-0.2, -0.15) is 0 Å². The van der Waals surface area contributed by atoms with E-state index >= 15 is 0 Å². The van der Waals surface area contributed by atoms with Crippen LogP contribution in [0.3, 0.4) is 0 Å². The first-order valence-corrected chi connectivity index (χ1v) is 7.43. The van der Waals surface area contributed by atoms with Crippen LogP contribution >= 0.6 is 0 Å². The van der Waals surface area contributed by atoms with Crippen molar-refractivity contribution < 1.29 is 9.53 Å². The van der Waals surface area contributed by atoms with Gasteiger partial charge in [-0.15, -0.1) is 0 Å². The first-order valence-electron chi connectivity index (χ1n) is 7.43. The van der Waals surface area contributed by atoms with Crippen LogP contribution in [-0.2, 0) is 20.4 Å². The first-order chi connectivity index (χ1) is 10.1. The van der Waals surface area contributed by atoms with Gasteiger partial charge in [-0.05, 0) is 24.5 Å². The van der Waals surface area contributed by atoms with Crippen molar-refractivity contribution in [1.29, 1.82) is 0 Å². The van der Waals surface area contributed by atoms with E-state index in [0.717, 1.165) is 12.0 Å². The molecule has 2 aromatic rings. The first kappa shape index (κ1) is 13.9. The molecular weight excluding hydrogens is 260 g/mol. The highest BCUT2D eigenvalue weighted by Crippen LogP contribution is 2.65. The monoisotopic (exact) mass is 280 g/mol. The molecule has 0 aromatic heterocycles. The Morgan fingerprint density at radius 3 is 2.05 bits per heavy atom. The molecule has 0 saturated heterocycles. The molecule has 2 heteroatoms. The van der Waals surface area contributed by atoms with Crippen LogP contribution in [0.5, 0.6) is 0 Å². The Morgan fingerprint density at radius 1 is 1.00 bits per heavy atom. The van der Waals surface area contributed by atoms with Crippen molar-refractivity contribution in [3.8, 4) is 0 Å². The van der Waals surface area contributed by atoms with E-state index < -0.39 is 5.41 Å². The van der Waals surface area contributed by atoms with Gasteiger partial charge in [0, 0.05) is 5.41 Å². The van der Waals surface area contributed by atoms with Crippen LogP contribution in [0.2, 0.25) is 0 Å². The quantitative estimate of drug-likeness (QED) is 0.795. The van der Waals surface area contributed by atoms with Crippen molar-refractivity contribution in [3.05, 3.63) is 71.8 Å². The number of rotatable bonds is 4. The van der Waals surface area contributed by atoms with E-state index in [2.05, 4.69) is 19.1 Å². The number of hydrogen-bond donors (Lipinski definition) is 0. The van der Waals surface area contributed by atoms with Crippen LogP contribution in [0.25, 0.3) is 0 Å². The van der Waals surface area contributed by atoms with Crippen molar-refractivity contribution in [3.63, 3.8) is 0 Å². The van der Waals surface area contributed by atoms with E-state index in [1.54, 1.807) is 0 Å². The zero-order valence-electron chi connectivity index (χ0n) is 12.5. The van der Waals surface area contributed by atoms with E-state index in [1.807, 2.05) is 55.5 Å². The van der Waals surface area contributed by atoms with Crippen molar-refractivity contribution in [2.75, 3.05) is 6.61 Å². The molecule has 21 heavy (non-hydrogen) atoms. The van der Waals surface area contributed by atoms with Gasteiger partial charge in [0.2, 0.25) is 0 Å². The van der Waals surface area contributed by atoms with Gasteiger partial charge in [-0.3, -0.25) is 4.79 Å². The molecule has 0 unspecified atom stereocenters. The van der Waals surface area contributed by atoms with Gasteiger partial charge >= 0.3 is 5.97 Å². The van der Waals surface area contributed by atoms with Crippen molar-refractivity contribution in [2.24, 2.45) is 0 Å². The maximum Gasteiger partial charge on any atom is 0.317 e. The normalized spacial score (nSPS) is 27.1. The van der Waals surface area contributed by atoms with Crippen LogP contribution < -0.4 is 0 Å². The third-order valence-electron chi connectivity index (χ3n) is 4.74. The molecule has 0 radical (unpaired) electrons. The number of benzene rings is 2. The number of carbonyl (C=O) groups is 1. The van der Waals surface area contributed by atoms with Gasteiger partial charge in [0.15, 0.2) is 0 Å². The maximum absolute atomic E-state index is 12.7. The third-order valence-corrected chi connectivity index (χ3v) is 4.74. The molecule has 0 bridgehead atoms. The SMILES string of the molecule is CCOC(=O)[C@@]1(c2ccccc2)C[C@]1(C)c1ccccc1. The van der Waals surface area contributed by atoms with E-state index in [-0.39, 0.29) is 11.4 Å². The number of carbonyl (C=O) groups excluding carboxylic acids is 1. The van der Waals surface area contributed by atoms with E-state index in [0.29, 0.717) is 6.61 Å². The minimum Gasteiger partial charge on any atom is -0.465 e. The lowest BCUT2D eigenvalue weighted by molar-refractivity contribution is -0.146. The molecule has 2 aromatic carbocycles. The largest absolute Gasteiger partial charge is 0.465 e. The zero-order valence-corrected chi connectivity index (χ0v) is 12.5. The summed E-state index contributed by atoms with van der Waals surface area (Å²) in [6, 6.07) is 20.3. The molecule has 0 spiro atoms. The fourth-order valence-corrected chi connectivity index (χ4v) is 3.45. The Morgan fingerprint density at radius 2 is 1.52 bits per heavy atom. The Hall–Kier alpha value is -2.09. The topological polar surface area (TPSA) is 26.3 Å². The van der Waals surface area contributed by atoms with E-state index in [1.165, 1.54) is 5.56 Å². The number of esters is 1. The molecule has 0 aliphatic heterocycles. The minimum atomic E-state index is -0.550. The molecule has 2 atom stereocenters. The highest BCUT2D eigenvalue weighted by atomic mass is 16.5. The van der Waals surface area contributed by atoms with Gasteiger partial charge in [-0.1, -0.05) is 67.6 Å². The molecule has 0 amide bonds.